The lowest BCUT2D eigenvalue weighted by atomic mass is 9.83. The normalized spacial score (nSPS) is 12.3. The average Bonchev–Trinajstić information content (AvgIpc) is 3.26. The van der Waals surface area contributed by atoms with E-state index in [9.17, 15) is 4.79 Å². The average molecular weight is 379 g/mol. The molecule has 1 aromatic heterocycles. The monoisotopic (exact) mass is 379 g/mol. The number of nitrogens with one attached hydrogen (secondary N) is 1. The first-order valence-corrected chi connectivity index (χ1v) is 9.09. The molecule has 0 radical (unpaired) electrons. The third kappa shape index (κ3) is 3.88. The van der Waals surface area contributed by atoms with Gasteiger partial charge in [0.25, 0.3) is 0 Å². The van der Waals surface area contributed by atoms with E-state index in [4.69, 9.17) is 13.9 Å². The summed E-state index contributed by atoms with van der Waals surface area (Å²) in [5.74, 6) is 1.78. The van der Waals surface area contributed by atoms with Crippen molar-refractivity contribution in [2.45, 2.75) is 25.3 Å². The number of carbonyl (C=O) groups is 1. The molecule has 146 valence electrons. The Labute approximate surface area is 165 Å². The molecular weight excluding hydrogens is 354 g/mol. The quantitative estimate of drug-likeness (QED) is 0.657. The van der Waals surface area contributed by atoms with Crippen molar-refractivity contribution in [1.29, 1.82) is 0 Å². The molecule has 1 unspecified atom stereocenters. The fraction of sp³-hybridized carbons (Fsp3) is 0.261. The van der Waals surface area contributed by atoms with E-state index < -0.39 is 5.41 Å². The minimum atomic E-state index is -0.792. The van der Waals surface area contributed by atoms with Crippen LogP contribution in [0.15, 0.2) is 71.3 Å². The number of rotatable bonds is 7. The molecule has 3 aromatic rings. The highest BCUT2D eigenvalue weighted by atomic mass is 16.5. The third-order valence-corrected chi connectivity index (χ3v) is 4.91. The minimum absolute atomic E-state index is 0.120. The van der Waals surface area contributed by atoms with Gasteiger partial charge in [0.15, 0.2) is 11.5 Å². The van der Waals surface area contributed by atoms with Gasteiger partial charge in [0.05, 0.1) is 25.9 Å². The van der Waals surface area contributed by atoms with Crippen molar-refractivity contribution in [3.63, 3.8) is 0 Å². The molecule has 0 aliphatic heterocycles. The maximum atomic E-state index is 13.3. The Morgan fingerprint density at radius 2 is 1.68 bits per heavy atom. The molecule has 28 heavy (non-hydrogen) atoms. The largest absolute Gasteiger partial charge is 0.493 e. The van der Waals surface area contributed by atoms with Crippen molar-refractivity contribution in [3.05, 3.63) is 83.8 Å². The summed E-state index contributed by atoms with van der Waals surface area (Å²) in [4.78, 5) is 13.3. The number of ether oxygens (including phenoxy) is 2. The summed E-state index contributed by atoms with van der Waals surface area (Å²) < 4.78 is 16.3. The van der Waals surface area contributed by atoms with Gasteiger partial charge in [-0.25, -0.2) is 0 Å². The van der Waals surface area contributed by atoms with Crippen LogP contribution < -0.4 is 14.8 Å². The molecule has 5 heteroatoms. The lowest BCUT2D eigenvalue weighted by molar-refractivity contribution is -0.126. The summed E-state index contributed by atoms with van der Waals surface area (Å²) in [6.45, 7) is 3.77. The van der Waals surface area contributed by atoms with Gasteiger partial charge in [-0.05, 0) is 49.2 Å². The van der Waals surface area contributed by atoms with Crippen molar-refractivity contribution in [2.24, 2.45) is 0 Å². The van der Waals surface area contributed by atoms with Gasteiger partial charge in [0.1, 0.15) is 11.8 Å². The fourth-order valence-electron chi connectivity index (χ4n) is 3.09. The van der Waals surface area contributed by atoms with Crippen LogP contribution in [-0.4, -0.2) is 20.1 Å². The summed E-state index contributed by atoms with van der Waals surface area (Å²) >= 11 is 0. The van der Waals surface area contributed by atoms with Crippen LogP contribution >= 0.6 is 0 Å². The SMILES string of the molecule is COc1ccc(C(C)(C)C(=O)NC(c2ccccc2)c2ccco2)cc1OC. The molecule has 1 amide bonds. The smallest absolute Gasteiger partial charge is 0.230 e. The molecule has 0 aliphatic rings. The number of carbonyl (C=O) groups excluding carboxylic acids is 1. The van der Waals surface area contributed by atoms with Gasteiger partial charge >= 0.3 is 0 Å². The minimum Gasteiger partial charge on any atom is -0.493 e. The molecule has 0 bridgehead atoms. The first kappa shape index (κ1) is 19.5. The van der Waals surface area contributed by atoms with E-state index in [-0.39, 0.29) is 11.9 Å². The van der Waals surface area contributed by atoms with Crippen LogP contribution in [0.5, 0.6) is 11.5 Å². The van der Waals surface area contributed by atoms with E-state index in [1.807, 2.05) is 74.5 Å². The lowest BCUT2D eigenvalue weighted by Crippen LogP contribution is -2.42. The van der Waals surface area contributed by atoms with Crippen molar-refractivity contribution < 1.29 is 18.7 Å². The molecule has 5 nitrogen and oxygen atoms in total. The summed E-state index contributed by atoms with van der Waals surface area (Å²) in [5, 5.41) is 3.14. The van der Waals surface area contributed by atoms with E-state index in [1.54, 1.807) is 20.5 Å². The summed E-state index contributed by atoms with van der Waals surface area (Å²) in [7, 11) is 3.17. The van der Waals surface area contributed by atoms with E-state index >= 15 is 0 Å². The van der Waals surface area contributed by atoms with E-state index in [1.165, 1.54) is 0 Å². The van der Waals surface area contributed by atoms with Crippen molar-refractivity contribution in [2.75, 3.05) is 14.2 Å². The summed E-state index contributed by atoms with van der Waals surface area (Å²) in [6.07, 6.45) is 1.61. The van der Waals surface area contributed by atoms with Gasteiger partial charge in [-0.2, -0.15) is 0 Å². The second kappa shape index (κ2) is 8.21. The fourth-order valence-corrected chi connectivity index (χ4v) is 3.09. The Bertz CT molecular complexity index is 917. The molecule has 1 atom stereocenters. The molecule has 1 N–H and O–H groups in total. The number of amides is 1. The van der Waals surface area contributed by atoms with E-state index in [0.29, 0.717) is 17.3 Å². The van der Waals surface area contributed by atoms with Crippen molar-refractivity contribution >= 4 is 5.91 Å². The van der Waals surface area contributed by atoms with Crippen LogP contribution in [0.4, 0.5) is 0 Å². The van der Waals surface area contributed by atoms with E-state index in [0.717, 1.165) is 11.1 Å². The topological polar surface area (TPSA) is 60.7 Å². The Balaban J connectivity index is 1.91. The van der Waals surface area contributed by atoms with Crippen LogP contribution in [0, 0.1) is 0 Å². The lowest BCUT2D eigenvalue weighted by Gasteiger charge is -2.28. The van der Waals surface area contributed by atoms with Crippen LogP contribution in [-0.2, 0) is 10.2 Å². The predicted octanol–water partition coefficient (Wildman–Crippen LogP) is 4.48. The van der Waals surface area contributed by atoms with Crippen molar-refractivity contribution in [3.8, 4) is 11.5 Å². The molecule has 0 saturated heterocycles. The van der Waals surface area contributed by atoms with E-state index in [2.05, 4.69) is 5.32 Å². The van der Waals surface area contributed by atoms with Gasteiger partial charge in [-0.1, -0.05) is 36.4 Å². The Morgan fingerprint density at radius 1 is 0.964 bits per heavy atom. The second-order valence-electron chi connectivity index (χ2n) is 7.03. The zero-order valence-electron chi connectivity index (χ0n) is 16.6. The standard InChI is InChI=1S/C23H25NO4/c1-23(2,17-12-13-18(26-3)20(15-17)27-4)22(25)24-21(19-11-8-14-28-19)16-9-6-5-7-10-16/h5-15,21H,1-4H3,(H,24,25). The van der Waals surface area contributed by atoms with Gasteiger partial charge < -0.3 is 19.2 Å². The Hall–Kier alpha value is -3.21. The maximum absolute atomic E-state index is 13.3. The third-order valence-electron chi connectivity index (χ3n) is 4.91. The van der Waals surface area contributed by atoms with Gasteiger partial charge in [0.2, 0.25) is 5.91 Å². The first-order valence-electron chi connectivity index (χ1n) is 9.09. The highest BCUT2D eigenvalue weighted by Gasteiger charge is 2.33. The second-order valence-corrected chi connectivity index (χ2v) is 7.03. The van der Waals surface area contributed by atoms with Gasteiger partial charge in [0, 0.05) is 0 Å². The van der Waals surface area contributed by atoms with Gasteiger partial charge in [-0.15, -0.1) is 0 Å². The first-order chi connectivity index (χ1) is 13.5. The van der Waals surface area contributed by atoms with Crippen molar-refractivity contribution in [1.82, 2.24) is 5.32 Å². The number of methoxy groups -OCH3 is 2. The number of hydrogen-bond donors (Lipinski definition) is 1. The number of furan rings is 1. The van der Waals surface area contributed by atoms with Crippen LogP contribution in [0.1, 0.15) is 36.8 Å². The molecule has 3 rings (SSSR count). The zero-order chi connectivity index (χ0) is 20.1. The molecular formula is C23H25NO4. The van der Waals surface area contributed by atoms with Gasteiger partial charge in [-0.3, -0.25) is 4.79 Å². The molecule has 1 heterocycles. The summed E-state index contributed by atoms with van der Waals surface area (Å²) in [5.41, 5.74) is 0.988. The zero-order valence-corrected chi connectivity index (χ0v) is 16.6. The number of hydrogen-bond acceptors (Lipinski definition) is 4. The van der Waals surface area contributed by atoms with Crippen LogP contribution in [0.3, 0.4) is 0 Å². The number of benzene rings is 2. The Kier molecular flexibility index (Phi) is 5.73. The van der Waals surface area contributed by atoms with Crippen LogP contribution in [0.25, 0.3) is 0 Å². The summed E-state index contributed by atoms with van der Waals surface area (Å²) in [6, 6.07) is 18.6. The highest BCUT2D eigenvalue weighted by molar-refractivity contribution is 5.88. The predicted molar refractivity (Wildman–Crippen MR) is 108 cm³/mol. The Morgan fingerprint density at radius 3 is 2.29 bits per heavy atom. The molecule has 0 saturated carbocycles. The molecule has 0 fully saturated rings. The molecule has 2 aromatic carbocycles. The molecule has 0 spiro atoms. The maximum Gasteiger partial charge on any atom is 0.230 e. The molecule has 0 aliphatic carbocycles. The highest BCUT2D eigenvalue weighted by Crippen LogP contribution is 2.34. The van der Waals surface area contributed by atoms with Crippen LogP contribution in [0.2, 0.25) is 0 Å².